The molecule has 1 aliphatic rings. The zero-order chi connectivity index (χ0) is 21.8. The van der Waals surface area contributed by atoms with Crippen LogP contribution in [-0.4, -0.2) is 38.5 Å². The standard InChI is InChI=1S/C24H24FN3O3/c1-16(11-23(29)30)28-10-9-22-19(14-28)13-26-24(27-22)18-5-7-21(8-6-18)31-15-17-3-2-4-20(25)12-17/h2-8,12-13,16H,9-11,14-15H2,1H3,(H,29,30). The number of ether oxygens (including phenoxy) is 1. The Labute approximate surface area is 180 Å². The SMILES string of the molecule is CC(CC(=O)O)N1CCc2nc(-c3ccc(OCc4cccc(F)c4)cc3)ncc2C1. The van der Waals surface area contributed by atoms with Crippen LogP contribution < -0.4 is 4.74 Å². The Bertz CT molecular complexity index is 1070. The van der Waals surface area contributed by atoms with Crippen molar-refractivity contribution >= 4 is 5.97 Å². The van der Waals surface area contributed by atoms with Crippen molar-refractivity contribution in [2.45, 2.75) is 39.0 Å². The van der Waals surface area contributed by atoms with Crippen LogP contribution in [0.4, 0.5) is 4.39 Å². The fourth-order valence-corrected chi connectivity index (χ4v) is 3.73. The van der Waals surface area contributed by atoms with Gasteiger partial charge in [0.25, 0.3) is 0 Å². The van der Waals surface area contributed by atoms with E-state index in [2.05, 4.69) is 9.88 Å². The van der Waals surface area contributed by atoms with E-state index in [1.807, 2.05) is 43.5 Å². The molecule has 1 aliphatic heterocycles. The molecule has 1 atom stereocenters. The van der Waals surface area contributed by atoms with Gasteiger partial charge in [-0.15, -0.1) is 0 Å². The van der Waals surface area contributed by atoms with Crippen LogP contribution in [0.3, 0.4) is 0 Å². The molecular weight excluding hydrogens is 397 g/mol. The van der Waals surface area contributed by atoms with Gasteiger partial charge in [-0.1, -0.05) is 12.1 Å². The molecule has 3 aromatic rings. The minimum atomic E-state index is -0.784. The van der Waals surface area contributed by atoms with Crippen molar-refractivity contribution in [3.8, 4) is 17.1 Å². The number of hydrogen-bond acceptors (Lipinski definition) is 5. The summed E-state index contributed by atoms with van der Waals surface area (Å²) < 4.78 is 19.0. The number of aromatic nitrogens is 2. The zero-order valence-corrected chi connectivity index (χ0v) is 17.3. The van der Waals surface area contributed by atoms with Crippen molar-refractivity contribution in [3.05, 3.63) is 77.4 Å². The zero-order valence-electron chi connectivity index (χ0n) is 17.3. The first-order valence-corrected chi connectivity index (χ1v) is 10.3. The van der Waals surface area contributed by atoms with Gasteiger partial charge in [-0.2, -0.15) is 0 Å². The van der Waals surface area contributed by atoms with Crippen molar-refractivity contribution in [1.29, 1.82) is 0 Å². The first-order valence-electron chi connectivity index (χ1n) is 10.3. The number of carboxylic acid groups (broad SMARTS) is 1. The lowest BCUT2D eigenvalue weighted by Crippen LogP contribution is -2.39. The Morgan fingerprint density at radius 3 is 2.81 bits per heavy atom. The minimum absolute atomic E-state index is 0.0229. The van der Waals surface area contributed by atoms with Crippen LogP contribution >= 0.6 is 0 Å². The van der Waals surface area contributed by atoms with E-state index in [-0.39, 0.29) is 18.3 Å². The number of aliphatic carboxylic acids is 1. The molecule has 1 N–H and O–H groups in total. The average molecular weight is 421 g/mol. The fraction of sp³-hybridized carbons (Fsp3) is 0.292. The topological polar surface area (TPSA) is 75.5 Å². The molecule has 2 heterocycles. The van der Waals surface area contributed by atoms with Crippen LogP contribution in [0, 0.1) is 5.82 Å². The summed E-state index contributed by atoms with van der Waals surface area (Å²) in [5.41, 5.74) is 3.72. The fourth-order valence-electron chi connectivity index (χ4n) is 3.73. The molecule has 4 rings (SSSR count). The van der Waals surface area contributed by atoms with Crippen LogP contribution in [0.1, 0.15) is 30.2 Å². The van der Waals surface area contributed by atoms with E-state index in [9.17, 15) is 9.18 Å². The smallest absolute Gasteiger partial charge is 0.304 e. The highest BCUT2D eigenvalue weighted by Crippen LogP contribution is 2.24. The van der Waals surface area contributed by atoms with E-state index in [4.69, 9.17) is 14.8 Å². The number of carbonyl (C=O) groups is 1. The summed E-state index contributed by atoms with van der Waals surface area (Å²) >= 11 is 0. The van der Waals surface area contributed by atoms with Gasteiger partial charge in [0.15, 0.2) is 5.82 Å². The second-order valence-corrected chi connectivity index (χ2v) is 7.78. The number of nitrogens with zero attached hydrogens (tertiary/aromatic N) is 3. The minimum Gasteiger partial charge on any atom is -0.489 e. The molecule has 0 saturated heterocycles. The number of hydrogen-bond donors (Lipinski definition) is 1. The Hall–Kier alpha value is -3.32. The molecule has 0 spiro atoms. The van der Waals surface area contributed by atoms with Gasteiger partial charge in [-0.25, -0.2) is 14.4 Å². The molecule has 0 amide bonds. The molecule has 0 aliphatic carbocycles. The summed E-state index contributed by atoms with van der Waals surface area (Å²) in [6.07, 6.45) is 2.73. The van der Waals surface area contributed by atoms with Crippen LogP contribution in [0.5, 0.6) is 5.75 Å². The van der Waals surface area contributed by atoms with Crippen molar-refractivity contribution < 1.29 is 19.0 Å². The third-order valence-corrected chi connectivity index (χ3v) is 5.46. The molecule has 0 fully saturated rings. The van der Waals surface area contributed by atoms with Crippen molar-refractivity contribution in [2.75, 3.05) is 6.54 Å². The van der Waals surface area contributed by atoms with Gasteiger partial charge in [0, 0.05) is 42.9 Å². The maximum Gasteiger partial charge on any atom is 0.304 e. The highest BCUT2D eigenvalue weighted by atomic mass is 19.1. The highest BCUT2D eigenvalue weighted by molar-refractivity contribution is 5.67. The second-order valence-electron chi connectivity index (χ2n) is 7.78. The highest BCUT2D eigenvalue weighted by Gasteiger charge is 2.23. The quantitative estimate of drug-likeness (QED) is 0.620. The van der Waals surface area contributed by atoms with Gasteiger partial charge in [0.05, 0.1) is 12.1 Å². The van der Waals surface area contributed by atoms with Crippen molar-refractivity contribution in [3.63, 3.8) is 0 Å². The molecule has 7 heteroatoms. The Balaban J connectivity index is 1.41. The number of fused-ring (bicyclic) bond motifs is 1. The predicted octanol–water partition coefficient (Wildman–Crippen LogP) is 4.08. The van der Waals surface area contributed by atoms with E-state index < -0.39 is 5.97 Å². The van der Waals surface area contributed by atoms with Gasteiger partial charge < -0.3 is 9.84 Å². The van der Waals surface area contributed by atoms with Crippen LogP contribution in [0.25, 0.3) is 11.4 Å². The third-order valence-electron chi connectivity index (χ3n) is 5.46. The average Bonchev–Trinajstić information content (AvgIpc) is 2.77. The Kier molecular flexibility index (Phi) is 6.23. The molecule has 2 aromatic carbocycles. The maximum absolute atomic E-state index is 13.3. The summed E-state index contributed by atoms with van der Waals surface area (Å²) in [5.74, 6) is 0.283. The van der Waals surface area contributed by atoms with Crippen LogP contribution in [-0.2, 0) is 24.4 Å². The molecule has 160 valence electrons. The lowest BCUT2D eigenvalue weighted by Gasteiger charge is -2.32. The molecule has 0 bridgehead atoms. The van der Waals surface area contributed by atoms with Crippen LogP contribution in [0.15, 0.2) is 54.7 Å². The number of carboxylic acids is 1. The maximum atomic E-state index is 13.3. The first kappa shape index (κ1) is 20.9. The second kappa shape index (κ2) is 9.22. The summed E-state index contributed by atoms with van der Waals surface area (Å²) in [7, 11) is 0. The van der Waals surface area contributed by atoms with Gasteiger partial charge in [0.1, 0.15) is 18.2 Å². The normalized spacial score (nSPS) is 14.6. The molecule has 6 nitrogen and oxygen atoms in total. The molecule has 31 heavy (non-hydrogen) atoms. The lowest BCUT2D eigenvalue weighted by atomic mass is 10.0. The Morgan fingerprint density at radius 1 is 1.26 bits per heavy atom. The molecular formula is C24H24FN3O3. The van der Waals surface area contributed by atoms with Gasteiger partial charge in [0.2, 0.25) is 0 Å². The molecule has 0 radical (unpaired) electrons. The van der Waals surface area contributed by atoms with Gasteiger partial charge in [-0.05, 0) is 48.9 Å². The number of halogens is 1. The molecule has 1 aromatic heterocycles. The first-order chi connectivity index (χ1) is 15.0. The summed E-state index contributed by atoms with van der Waals surface area (Å²) in [4.78, 5) is 22.4. The van der Waals surface area contributed by atoms with Crippen molar-refractivity contribution in [1.82, 2.24) is 14.9 Å². The molecule has 0 saturated carbocycles. The van der Waals surface area contributed by atoms with Gasteiger partial charge in [-0.3, -0.25) is 9.69 Å². The van der Waals surface area contributed by atoms with E-state index >= 15 is 0 Å². The van der Waals surface area contributed by atoms with E-state index in [1.165, 1.54) is 12.1 Å². The van der Waals surface area contributed by atoms with E-state index in [1.54, 1.807) is 6.07 Å². The molecule has 1 unspecified atom stereocenters. The summed E-state index contributed by atoms with van der Waals surface area (Å²) in [5, 5.41) is 9.02. The Morgan fingerprint density at radius 2 is 2.06 bits per heavy atom. The van der Waals surface area contributed by atoms with Crippen molar-refractivity contribution in [2.24, 2.45) is 0 Å². The van der Waals surface area contributed by atoms with E-state index in [0.717, 1.165) is 35.3 Å². The van der Waals surface area contributed by atoms with Gasteiger partial charge >= 0.3 is 5.97 Å². The number of rotatable bonds is 7. The largest absolute Gasteiger partial charge is 0.489 e. The van der Waals surface area contributed by atoms with Crippen LogP contribution in [0.2, 0.25) is 0 Å². The third kappa shape index (κ3) is 5.24. The summed E-state index contributed by atoms with van der Waals surface area (Å²) in [6, 6.07) is 13.9. The lowest BCUT2D eigenvalue weighted by molar-refractivity contribution is -0.138. The predicted molar refractivity (Wildman–Crippen MR) is 114 cm³/mol. The number of benzene rings is 2. The summed E-state index contributed by atoms with van der Waals surface area (Å²) in [6.45, 7) is 3.68. The monoisotopic (exact) mass is 421 g/mol. The van der Waals surface area contributed by atoms with E-state index in [0.29, 0.717) is 24.7 Å².